The third kappa shape index (κ3) is 3.64. The predicted octanol–water partition coefficient (Wildman–Crippen LogP) is 8.06. The molecule has 0 unspecified atom stereocenters. The lowest BCUT2D eigenvalue weighted by molar-refractivity contribution is 0.0848. The number of fused-ring (bicyclic) bond motifs is 3. The number of benzene rings is 2. The summed E-state index contributed by atoms with van der Waals surface area (Å²) in [5.74, 6) is 0.170. The minimum absolute atomic E-state index is 0.0105. The van der Waals surface area contributed by atoms with Crippen LogP contribution in [0.2, 0.25) is 0 Å². The summed E-state index contributed by atoms with van der Waals surface area (Å²) in [6.07, 6.45) is 11.0. The average Bonchev–Trinajstić information content (AvgIpc) is 3.42. The molecule has 1 heterocycles. The fourth-order valence-corrected chi connectivity index (χ4v) is 5.55. The minimum atomic E-state index is -0.616. The van der Waals surface area contributed by atoms with Crippen LogP contribution in [0.15, 0.2) is 60.9 Å². The van der Waals surface area contributed by atoms with Crippen LogP contribution < -0.4 is 0 Å². The van der Waals surface area contributed by atoms with E-state index in [9.17, 15) is 4.79 Å². The lowest BCUT2D eigenvalue weighted by Crippen LogP contribution is -2.35. The number of aromatic nitrogens is 1. The van der Waals surface area contributed by atoms with E-state index in [1.54, 1.807) is 0 Å². The van der Waals surface area contributed by atoms with Gasteiger partial charge in [-0.2, -0.15) is 0 Å². The van der Waals surface area contributed by atoms with E-state index in [0.29, 0.717) is 0 Å². The summed E-state index contributed by atoms with van der Waals surface area (Å²) in [7, 11) is 0. The number of carbonyl (C=O) groups excluding carboxylic acids is 1. The van der Waals surface area contributed by atoms with E-state index in [1.807, 2.05) is 49.0 Å². The molecule has 1 aliphatic rings. The number of hydrogen-bond acceptors (Lipinski definition) is 1. The second-order valence-electron chi connectivity index (χ2n) is 10.1. The van der Waals surface area contributed by atoms with Gasteiger partial charge in [-0.05, 0) is 74.1 Å². The summed E-state index contributed by atoms with van der Waals surface area (Å²) < 4.78 is 2.02. The first-order valence-electron chi connectivity index (χ1n) is 12.3. The Labute approximate surface area is 193 Å². The quantitative estimate of drug-likeness (QED) is 0.316. The molecule has 2 nitrogen and oxygen atoms in total. The molecule has 0 atom stereocenters. The first-order chi connectivity index (χ1) is 15.3. The molecule has 0 saturated heterocycles. The van der Waals surface area contributed by atoms with E-state index in [0.717, 1.165) is 18.4 Å². The summed E-state index contributed by atoms with van der Waals surface area (Å²) in [5.41, 5.74) is 7.07. The summed E-state index contributed by atoms with van der Waals surface area (Å²) in [6, 6.07) is 17.4. The highest BCUT2D eigenvalue weighted by Crippen LogP contribution is 2.54. The molecule has 0 N–H and O–H groups in total. The zero-order chi connectivity index (χ0) is 22.9. The Hall–Kier alpha value is -2.61. The van der Waals surface area contributed by atoms with Gasteiger partial charge >= 0.3 is 0 Å². The van der Waals surface area contributed by atoms with Crippen molar-refractivity contribution in [3.05, 3.63) is 83.2 Å². The predicted molar refractivity (Wildman–Crippen MR) is 135 cm³/mol. The van der Waals surface area contributed by atoms with Crippen LogP contribution in [0.25, 0.3) is 11.1 Å². The molecule has 0 aliphatic heterocycles. The van der Waals surface area contributed by atoms with Gasteiger partial charge in [0.1, 0.15) is 5.54 Å². The largest absolute Gasteiger partial charge is 0.341 e. The molecule has 0 bridgehead atoms. The van der Waals surface area contributed by atoms with Crippen molar-refractivity contribution in [2.75, 3.05) is 0 Å². The van der Waals surface area contributed by atoms with Crippen molar-refractivity contribution in [3.63, 3.8) is 0 Å². The number of Topliss-reactive ketones (excluding diaryl/α,β-unsaturated/α-hetero) is 1. The highest BCUT2D eigenvalue weighted by molar-refractivity contribution is 6.02. The van der Waals surface area contributed by atoms with Gasteiger partial charge in [0.25, 0.3) is 0 Å². The average molecular weight is 428 g/mol. The molecule has 1 aliphatic carbocycles. The minimum Gasteiger partial charge on any atom is -0.341 e. The first-order valence-corrected chi connectivity index (χ1v) is 12.3. The fourth-order valence-electron chi connectivity index (χ4n) is 5.55. The molecule has 0 fully saturated rings. The molecule has 0 spiro atoms. The van der Waals surface area contributed by atoms with E-state index in [2.05, 4.69) is 51.1 Å². The van der Waals surface area contributed by atoms with Gasteiger partial charge in [-0.25, -0.2) is 0 Å². The zero-order valence-electron chi connectivity index (χ0n) is 20.4. The highest BCUT2D eigenvalue weighted by Gasteiger charge is 2.43. The van der Waals surface area contributed by atoms with Gasteiger partial charge in [-0.1, -0.05) is 75.4 Å². The zero-order valence-corrected chi connectivity index (χ0v) is 20.4. The van der Waals surface area contributed by atoms with E-state index in [-0.39, 0.29) is 11.2 Å². The smallest absolute Gasteiger partial charge is 0.188 e. The van der Waals surface area contributed by atoms with Gasteiger partial charge in [0, 0.05) is 23.4 Å². The van der Waals surface area contributed by atoms with Crippen molar-refractivity contribution in [2.45, 2.75) is 84.1 Å². The Morgan fingerprint density at radius 3 is 2.03 bits per heavy atom. The molecule has 168 valence electrons. The number of unbranched alkanes of at least 4 members (excludes halogenated alkanes) is 2. The summed E-state index contributed by atoms with van der Waals surface area (Å²) >= 11 is 0. The molecular formula is C30H37NO. The first kappa shape index (κ1) is 22.6. The van der Waals surface area contributed by atoms with Crippen LogP contribution in [0.5, 0.6) is 0 Å². The number of nitrogens with zero attached hydrogens (tertiary/aromatic N) is 1. The van der Waals surface area contributed by atoms with E-state index in [4.69, 9.17) is 0 Å². The van der Waals surface area contributed by atoms with Crippen LogP contribution in [-0.4, -0.2) is 10.4 Å². The molecule has 0 saturated carbocycles. The SMILES string of the molecule is CCCCC1(CCCC)c2cc(C)ccc2-c2ccc(C(=O)C(C)(C)n3cccc3)cc21. The Bertz CT molecular complexity index is 1100. The maximum atomic E-state index is 13.7. The van der Waals surface area contributed by atoms with Crippen LogP contribution >= 0.6 is 0 Å². The number of ketones is 1. The number of hydrogen-bond donors (Lipinski definition) is 0. The van der Waals surface area contributed by atoms with Crippen molar-refractivity contribution in [2.24, 2.45) is 0 Å². The second kappa shape index (κ2) is 8.73. The van der Waals surface area contributed by atoms with Gasteiger partial charge < -0.3 is 4.57 Å². The summed E-state index contributed by atoms with van der Waals surface area (Å²) in [4.78, 5) is 13.7. The number of rotatable bonds is 9. The Morgan fingerprint density at radius 1 is 0.875 bits per heavy atom. The fraction of sp³-hybridized carbons (Fsp3) is 0.433. The van der Waals surface area contributed by atoms with Crippen LogP contribution in [0.4, 0.5) is 0 Å². The lowest BCUT2D eigenvalue weighted by atomic mass is 9.70. The van der Waals surface area contributed by atoms with Gasteiger partial charge in [-0.15, -0.1) is 0 Å². The van der Waals surface area contributed by atoms with Gasteiger partial charge in [0.2, 0.25) is 0 Å². The molecule has 2 heteroatoms. The molecule has 3 aromatic rings. The van der Waals surface area contributed by atoms with Crippen LogP contribution in [0, 0.1) is 6.92 Å². The molecule has 1 aromatic heterocycles. The summed E-state index contributed by atoms with van der Waals surface area (Å²) in [6.45, 7) is 10.8. The van der Waals surface area contributed by atoms with Gasteiger partial charge in [0.15, 0.2) is 5.78 Å². The van der Waals surface area contributed by atoms with Gasteiger partial charge in [0.05, 0.1) is 0 Å². The van der Waals surface area contributed by atoms with Crippen molar-refractivity contribution in [3.8, 4) is 11.1 Å². The molecule has 32 heavy (non-hydrogen) atoms. The van der Waals surface area contributed by atoms with Gasteiger partial charge in [-0.3, -0.25) is 4.79 Å². The second-order valence-corrected chi connectivity index (χ2v) is 10.1. The van der Waals surface area contributed by atoms with E-state index < -0.39 is 5.54 Å². The van der Waals surface area contributed by atoms with Crippen LogP contribution in [0.1, 0.15) is 93.3 Å². The Kier molecular flexibility index (Phi) is 6.16. The molecule has 0 radical (unpaired) electrons. The van der Waals surface area contributed by atoms with E-state index >= 15 is 0 Å². The molecule has 2 aromatic carbocycles. The molecule has 0 amide bonds. The topological polar surface area (TPSA) is 22.0 Å². The third-order valence-electron chi connectivity index (χ3n) is 7.50. The van der Waals surface area contributed by atoms with Crippen molar-refractivity contribution < 1.29 is 4.79 Å². The van der Waals surface area contributed by atoms with Crippen molar-refractivity contribution >= 4 is 5.78 Å². The number of aryl methyl sites for hydroxylation is 1. The maximum Gasteiger partial charge on any atom is 0.188 e. The number of carbonyl (C=O) groups is 1. The van der Waals surface area contributed by atoms with Crippen molar-refractivity contribution in [1.82, 2.24) is 4.57 Å². The Balaban J connectivity index is 1.87. The highest BCUT2D eigenvalue weighted by atomic mass is 16.1. The normalized spacial score (nSPS) is 14.3. The van der Waals surface area contributed by atoms with E-state index in [1.165, 1.54) is 53.5 Å². The standard InChI is InChI=1S/C30H37NO/c1-6-8-16-30(17-9-7-2)26-20-22(3)12-14-24(26)25-15-13-23(21-27(25)30)28(32)29(4,5)31-18-10-11-19-31/h10-15,18-21H,6-9,16-17H2,1-5H3. The van der Waals surface area contributed by atoms with Crippen LogP contribution in [-0.2, 0) is 11.0 Å². The van der Waals surface area contributed by atoms with Crippen molar-refractivity contribution in [1.29, 1.82) is 0 Å². The van der Waals surface area contributed by atoms with Crippen LogP contribution in [0.3, 0.4) is 0 Å². The maximum absolute atomic E-state index is 13.7. The monoisotopic (exact) mass is 427 g/mol. The Morgan fingerprint density at radius 2 is 1.44 bits per heavy atom. The molecule has 4 rings (SSSR count). The molecular weight excluding hydrogens is 390 g/mol. The lowest BCUT2D eigenvalue weighted by Gasteiger charge is -2.33. The third-order valence-corrected chi connectivity index (χ3v) is 7.50. The summed E-state index contributed by atoms with van der Waals surface area (Å²) in [5, 5.41) is 0.